The largest absolute Gasteiger partial charge is 0.489 e. The van der Waals surface area contributed by atoms with Crippen molar-refractivity contribution in [1.82, 2.24) is 0 Å². The summed E-state index contributed by atoms with van der Waals surface area (Å²) < 4.78 is 5.68. The van der Waals surface area contributed by atoms with Gasteiger partial charge in [-0.3, -0.25) is 10.1 Å². The number of hydrogen-bond donors (Lipinski definition) is 1. The summed E-state index contributed by atoms with van der Waals surface area (Å²) in [6, 6.07) is 13.8. The summed E-state index contributed by atoms with van der Waals surface area (Å²) in [5, 5.41) is 19.7. The number of nitro groups is 1. The summed E-state index contributed by atoms with van der Waals surface area (Å²) >= 11 is 0. The number of benzene rings is 2. The molecule has 0 unspecified atom stereocenters. The fraction of sp³-hybridized carbons (Fsp3) is 0.200. The van der Waals surface area contributed by atoms with Gasteiger partial charge in [0.15, 0.2) is 0 Å². The van der Waals surface area contributed by atoms with Crippen molar-refractivity contribution in [2.75, 3.05) is 6.61 Å². The molecular formula is C15H15NO4. The topological polar surface area (TPSA) is 72.6 Å². The van der Waals surface area contributed by atoms with Gasteiger partial charge in [-0.05, 0) is 23.6 Å². The summed E-state index contributed by atoms with van der Waals surface area (Å²) in [4.78, 5) is 10.3. The predicted octanol–water partition coefficient (Wildman–Crippen LogP) is 2.71. The van der Waals surface area contributed by atoms with Crippen LogP contribution in [0.25, 0.3) is 0 Å². The van der Waals surface area contributed by atoms with E-state index in [-0.39, 0.29) is 18.9 Å². The molecule has 0 saturated heterocycles. The normalized spacial score (nSPS) is 10.2. The van der Waals surface area contributed by atoms with Crippen molar-refractivity contribution in [3.63, 3.8) is 0 Å². The van der Waals surface area contributed by atoms with Gasteiger partial charge in [-0.15, -0.1) is 0 Å². The predicted molar refractivity (Wildman–Crippen MR) is 74.7 cm³/mol. The molecule has 0 saturated carbocycles. The van der Waals surface area contributed by atoms with Crippen molar-refractivity contribution in [2.45, 2.75) is 13.0 Å². The third kappa shape index (κ3) is 3.55. The molecule has 0 aliphatic heterocycles. The van der Waals surface area contributed by atoms with E-state index in [1.54, 1.807) is 12.1 Å². The molecule has 0 aliphatic rings. The molecule has 0 atom stereocenters. The van der Waals surface area contributed by atoms with Gasteiger partial charge in [-0.1, -0.05) is 30.3 Å². The van der Waals surface area contributed by atoms with Crippen molar-refractivity contribution in [1.29, 1.82) is 0 Å². The van der Waals surface area contributed by atoms with Gasteiger partial charge in [-0.25, -0.2) is 0 Å². The van der Waals surface area contributed by atoms with Crippen LogP contribution in [0.3, 0.4) is 0 Å². The summed E-state index contributed by atoms with van der Waals surface area (Å²) in [6.07, 6.45) is 0.519. The second-order valence-electron chi connectivity index (χ2n) is 4.30. The molecule has 5 nitrogen and oxygen atoms in total. The zero-order valence-electron chi connectivity index (χ0n) is 10.9. The van der Waals surface area contributed by atoms with E-state index >= 15 is 0 Å². The van der Waals surface area contributed by atoms with Crippen molar-refractivity contribution >= 4 is 5.69 Å². The third-order valence-corrected chi connectivity index (χ3v) is 2.87. The molecule has 1 N–H and O–H groups in total. The second kappa shape index (κ2) is 6.68. The van der Waals surface area contributed by atoms with Gasteiger partial charge in [0.2, 0.25) is 0 Å². The minimum atomic E-state index is -0.427. The first-order valence-electron chi connectivity index (χ1n) is 6.25. The Morgan fingerprint density at radius 1 is 1.15 bits per heavy atom. The number of nitro benzene ring substituents is 1. The molecule has 2 aromatic rings. The molecular weight excluding hydrogens is 258 g/mol. The Morgan fingerprint density at radius 2 is 1.95 bits per heavy atom. The third-order valence-electron chi connectivity index (χ3n) is 2.87. The maximum atomic E-state index is 10.7. The summed E-state index contributed by atoms with van der Waals surface area (Å²) in [5.41, 5.74) is 1.70. The number of aliphatic hydroxyl groups is 1. The number of nitrogens with zero attached hydrogens (tertiary/aromatic N) is 1. The Labute approximate surface area is 116 Å². The van der Waals surface area contributed by atoms with Gasteiger partial charge in [0.1, 0.15) is 12.4 Å². The number of rotatable bonds is 6. The second-order valence-corrected chi connectivity index (χ2v) is 4.30. The van der Waals surface area contributed by atoms with Crippen LogP contribution in [0.4, 0.5) is 5.69 Å². The quantitative estimate of drug-likeness (QED) is 0.648. The van der Waals surface area contributed by atoms with Gasteiger partial charge in [0, 0.05) is 18.7 Å². The number of para-hydroxylation sites is 1. The molecule has 0 spiro atoms. The van der Waals surface area contributed by atoms with E-state index in [0.717, 1.165) is 11.1 Å². The van der Waals surface area contributed by atoms with Gasteiger partial charge in [-0.2, -0.15) is 0 Å². The van der Waals surface area contributed by atoms with Crippen molar-refractivity contribution in [3.8, 4) is 5.75 Å². The smallest absolute Gasteiger partial charge is 0.269 e. The first kappa shape index (κ1) is 14.0. The van der Waals surface area contributed by atoms with E-state index in [1.165, 1.54) is 12.1 Å². The highest BCUT2D eigenvalue weighted by Crippen LogP contribution is 2.21. The van der Waals surface area contributed by atoms with Crippen LogP contribution in [0.15, 0.2) is 48.5 Å². The lowest BCUT2D eigenvalue weighted by atomic mass is 10.1. The van der Waals surface area contributed by atoms with Crippen LogP contribution in [0.1, 0.15) is 11.1 Å². The molecule has 104 valence electrons. The van der Waals surface area contributed by atoms with E-state index in [0.29, 0.717) is 12.2 Å². The zero-order chi connectivity index (χ0) is 14.4. The van der Waals surface area contributed by atoms with Gasteiger partial charge in [0.25, 0.3) is 5.69 Å². The van der Waals surface area contributed by atoms with Gasteiger partial charge in [0.05, 0.1) is 4.92 Å². The average molecular weight is 273 g/mol. The van der Waals surface area contributed by atoms with Crippen molar-refractivity contribution < 1.29 is 14.8 Å². The lowest BCUT2D eigenvalue weighted by Crippen LogP contribution is -2.00. The van der Waals surface area contributed by atoms with E-state index in [9.17, 15) is 10.1 Å². The molecule has 0 radical (unpaired) electrons. The Morgan fingerprint density at radius 3 is 2.70 bits per heavy atom. The number of aliphatic hydroxyl groups excluding tert-OH is 1. The van der Waals surface area contributed by atoms with Crippen LogP contribution in [-0.4, -0.2) is 16.6 Å². The molecule has 0 aliphatic carbocycles. The monoisotopic (exact) mass is 273 g/mol. The van der Waals surface area contributed by atoms with Crippen LogP contribution in [0, 0.1) is 10.1 Å². The molecule has 20 heavy (non-hydrogen) atoms. The lowest BCUT2D eigenvalue weighted by Gasteiger charge is -2.10. The highest BCUT2D eigenvalue weighted by Gasteiger charge is 2.07. The van der Waals surface area contributed by atoms with Crippen LogP contribution in [0.5, 0.6) is 5.75 Å². The molecule has 5 heteroatoms. The molecule has 0 fully saturated rings. The number of ether oxygens (including phenoxy) is 1. The maximum absolute atomic E-state index is 10.7. The highest BCUT2D eigenvalue weighted by atomic mass is 16.6. The first-order valence-corrected chi connectivity index (χ1v) is 6.25. The van der Waals surface area contributed by atoms with E-state index in [1.807, 2.05) is 24.3 Å². The fourth-order valence-electron chi connectivity index (χ4n) is 1.89. The van der Waals surface area contributed by atoms with Gasteiger partial charge < -0.3 is 9.84 Å². The number of hydrogen-bond acceptors (Lipinski definition) is 4. The highest BCUT2D eigenvalue weighted by molar-refractivity contribution is 5.36. The van der Waals surface area contributed by atoms with Crippen molar-refractivity contribution in [3.05, 3.63) is 69.8 Å². The Balaban J connectivity index is 2.09. The summed E-state index contributed by atoms with van der Waals surface area (Å²) in [6.45, 7) is 0.307. The van der Waals surface area contributed by atoms with E-state index < -0.39 is 4.92 Å². The van der Waals surface area contributed by atoms with Crippen LogP contribution in [0.2, 0.25) is 0 Å². The van der Waals surface area contributed by atoms with Gasteiger partial charge >= 0.3 is 0 Å². The zero-order valence-corrected chi connectivity index (χ0v) is 10.9. The maximum Gasteiger partial charge on any atom is 0.269 e. The summed E-state index contributed by atoms with van der Waals surface area (Å²) in [5.74, 6) is 0.688. The minimum Gasteiger partial charge on any atom is -0.489 e. The average Bonchev–Trinajstić information content (AvgIpc) is 2.47. The molecule has 2 rings (SSSR count). The SMILES string of the molecule is O=[N+]([O-])c1cccc(COc2ccccc2CCO)c1. The first-order chi connectivity index (χ1) is 9.70. The molecule has 2 aromatic carbocycles. The Kier molecular flexibility index (Phi) is 4.68. The molecule has 0 heterocycles. The number of non-ortho nitro benzene ring substituents is 1. The van der Waals surface area contributed by atoms with Crippen LogP contribution >= 0.6 is 0 Å². The van der Waals surface area contributed by atoms with Crippen LogP contribution < -0.4 is 4.74 Å². The lowest BCUT2D eigenvalue weighted by molar-refractivity contribution is -0.384. The van der Waals surface area contributed by atoms with Crippen molar-refractivity contribution in [2.24, 2.45) is 0 Å². The van der Waals surface area contributed by atoms with Crippen LogP contribution in [-0.2, 0) is 13.0 Å². The standard InChI is InChI=1S/C15H15NO4/c17-9-8-13-5-1-2-7-15(13)20-11-12-4-3-6-14(10-12)16(18)19/h1-7,10,17H,8-9,11H2. The molecule has 0 amide bonds. The molecule has 0 bridgehead atoms. The Hall–Kier alpha value is -2.40. The van der Waals surface area contributed by atoms with E-state index in [4.69, 9.17) is 9.84 Å². The molecule has 0 aromatic heterocycles. The fourth-order valence-corrected chi connectivity index (χ4v) is 1.89. The summed E-state index contributed by atoms with van der Waals surface area (Å²) in [7, 11) is 0. The Bertz CT molecular complexity index is 598. The minimum absolute atomic E-state index is 0.0507. The van der Waals surface area contributed by atoms with E-state index in [2.05, 4.69) is 0 Å².